The molecule has 1 aliphatic heterocycles. The van der Waals surface area contributed by atoms with Gasteiger partial charge in [-0.2, -0.15) is 0 Å². The molecule has 0 aliphatic carbocycles. The zero-order valence-corrected chi connectivity index (χ0v) is 12.3. The van der Waals surface area contributed by atoms with E-state index in [1.54, 1.807) is 0 Å². The molecule has 0 radical (unpaired) electrons. The molecular weight excluding hydrogens is 226 g/mol. The van der Waals surface area contributed by atoms with Crippen LogP contribution in [0.2, 0.25) is 0 Å². The third-order valence-corrected chi connectivity index (χ3v) is 3.67. The highest BCUT2D eigenvalue weighted by atomic mass is 16.2. The van der Waals surface area contributed by atoms with E-state index in [1.807, 2.05) is 6.92 Å². The van der Waals surface area contributed by atoms with Crippen molar-refractivity contribution in [3.05, 3.63) is 0 Å². The lowest BCUT2D eigenvalue weighted by Gasteiger charge is -2.39. The van der Waals surface area contributed by atoms with Gasteiger partial charge in [0.1, 0.15) is 6.04 Å². The number of hydrogen-bond acceptors (Lipinski definition) is 3. The second-order valence-electron chi connectivity index (χ2n) is 5.67. The number of likely N-dealkylation sites (N-methyl/N-ethyl adjacent to an activating group) is 1. The van der Waals surface area contributed by atoms with E-state index in [4.69, 9.17) is 0 Å². The van der Waals surface area contributed by atoms with Gasteiger partial charge in [-0.3, -0.25) is 9.69 Å². The molecule has 1 amide bonds. The summed E-state index contributed by atoms with van der Waals surface area (Å²) in [7, 11) is 0. The van der Waals surface area contributed by atoms with Gasteiger partial charge in [0.05, 0.1) is 0 Å². The zero-order valence-electron chi connectivity index (χ0n) is 12.3. The standard InChI is InChI=1S/C14H29N3O/c1-5-16-14(18)13-10-15-8-9-17(13)12(4)7-6-11(2)3/h11-13,15H,5-10H2,1-4H3,(H,16,18). The summed E-state index contributed by atoms with van der Waals surface area (Å²) in [6, 6.07) is 0.489. The van der Waals surface area contributed by atoms with E-state index in [-0.39, 0.29) is 11.9 Å². The third-order valence-electron chi connectivity index (χ3n) is 3.67. The van der Waals surface area contributed by atoms with Crippen molar-refractivity contribution in [1.82, 2.24) is 15.5 Å². The molecular formula is C14H29N3O. The van der Waals surface area contributed by atoms with Crippen LogP contribution in [0.3, 0.4) is 0 Å². The first-order valence-corrected chi connectivity index (χ1v) is 7.30. The lowest BCUT2D eigenvalue weighted by molar-refractivity contribution is -0.128. The van der Waals surface area contributed by atoms with E-state index in [0.29, 0.717) is 12.6 Å². The molecule has 1 aliphatic rings. The van der Waals surface area contributed by atoms with Crippen LogP contribution in [0.1, 0.15) is 40.5 Å². The van der Waals surface area contributed by atoms with Crippen molar-refractivity contribution in [1.29, 1.82) is 0 Å². The molecule has 4 heteroatoms. The number of carbonyl (C=O) groups is 1. The average Bonchev–Trinajstić information content (AvgIpc) is 2.36. The number of hydrogen-bond donors (Lipinski definition) is 2. The fourth-order valence-corrected chi connectivity index (χ4v) is 2.52. The van der Waals surface area contributed by atoms with Crippen LogP contribution in [0, 0.1) is 5.92 Å². The minimum Gasteiger partial charge on any atom is -0.355 e. The van der Waals surface area contributed by atoms with Gasteiger partial charge in [0.15, 0.2) is 0 Å². The Hall–Kier alpha value is -0.610. The highest BCUT2D eigenvalue weighted by Crippen LogP contribution is 2.16. The maximum absolute atomic E-state index is 12.1. The number of rotatable bonds is 6. The normalized spacial score (nSPS) is 23.1. The maximum Gasteiger partial charge on any atom is 0.238 e. The van der Waals surface area contributed by atoms with Gasteiger partial charge in [0.25, 0.3) is 0 Å². The van der Waals surface area contributed by atoms with Crippen molar-refractivity contribution < 1.29 is 4.79 Å². The lowest BCUT2D eigenvalue weighted by atomic mass is 10.0. The molecule has 0 aromatic rings. The Morgan fingerprint density at radius 2 is 2.11 bits per heavy atom. The van der Waals surface area contributed by atoms with Crippen molar-refractivity contribution in [2.24, 2.45) is 5.92 Å². The van der Waals surface area contributed by atoms with Crippen LogP contribution in [0.15, 0.2) is 0 Å². The van der Waals surface area contributed by atoms with Crippen LogP contribution in [0.4, 0.5) is 0 Å². The van der Waals surface area contributed by atoms with Crippen molar-refractivity contribution in [3.63, 3.8) is 0 Å². The maximum atomic E-state index is 12.1. The van der Waals surface area contributed by atoms with E-state index in [0.717, 1.165) is 25.6 Å². The number of amides is 1. The quantitative estimate of drug-likeness (QED) is 0.750. The molecule has 2 atom stereocenters. The molecule has 18 heavy (non-hydrogen) atoms. The number of nitrogens with zero attached hydrogens (tertiary/aromatic N) is 1. The van der Waals surface area contributed by atoms with E-state index in [2.05, 4.69) is 36.3 Å². The van der Waals surface area contributed by atoms with Crippen LogP contribution >= 0.6 is 0 Å². The first-order valence-electron chi connectivity index (χ1n) is 7.30. The minimum atomic E-state index is 0.000798. The molecule has 0 aromatic carbocycles. The molecule has 1 saturated heterocycles. The van der Waals surface area contributed by atoms with E-state index in [1.165, 1.54) is 12.8 Å². The van der Waals surface area contributed by atoms with Crippen LogP contribution in [-0.2, 0) is 4.79 Å². The topological polar surface area (TPSA) is 44.4 Å². The van der Waals surface area contributed by atoms with Crippen molar-refractivity contribution in [2.75, 3.05) is 26.2 Å². The lowest BCUT2D eigenvalue weighted by Crippen LogP contribution is -2.60. The van der Waals surface area contributed by atoms with Crippen LogP contribution in [0.25, 0.3) is 0 Å². The fourth-order valence-electron chi connectivity index (χ4n) is 2.52. The largest absolute Gasteiger partial charge is 0.355 e. The summed E-state index contributed by atoms with van der Waals surface area (Å²) in [5.41, 5.74) is 0. The minimum absolute atomic E-state index is 0.000798. The molecule has 0 saturated carbocycles. The SMILES string of the molecule is CCNC(=O)C1CNCCN1C(C)CCC(C)C. The van der Waals surface area contributed by atoms with Crippen molar-refractivity contribution >= 4 is 5.91 Å². The molecule has 0 aromatic heterocycles. The Morgan fingerprint density at radius 3 is 2.72 bits per heavy atom. The van der Waals surface area contributed by atoms with Crippen LogP contribution in [-0.4, -0.2) is 49.1 Å². The molecule has 1 heterocycles. The third kappa shape index (κ3) is 4.58. The van der Waals surface area contributed by atoms with Gasteiger partial charge in [-0.05, 0) is 32.6 Å². The predicted octanol–water partition coefficient (Wildman–Crippen LogP) is 1.22. The molecule has 0 spiro atoms. The summed E-state index contributed by atoms with van der Waals surface area (Å²) in [4.78, 5) is 14.4. The Morgan fingerprint density at radius 1 is 1.39 bits per heavy atom. The van der Waals surface area contributed by atoms with Gasteiger partial charge in [-0.1, -0.05) is 13.8 Å². The summed E-state index contributed by atoms with van der Waals surface area (Å²) in [6.07, 6.45) is 2.40. The number of carbonyl (C=O) groups excluding carboxylic acids is 1. The van der Waals surface area contributed by atoms with E-state index in [9.17, 15) is 4.79 Å². The second kappa shape index (κ2) is 7.74. The Bertz CT molecular complexity index is 255. The molecule has 2 N–H and O–H groups in total. The highest BCUT2D eigenvalue weighted by Gasteiger charge is 2.31. The summed E-state index contributed by atoms with van der Waals surface area (Å²) in [5.74, 6) is 0.902. The first-order chi connectivity index (χ1) is 8.56. The van der Waals surface area contributed by atoms with Gasteiger partial charge >= 0.3 is 0 Å². The summed E-state index contributed by atoms with van der Waals surface area (Å²) >= 11 is 0. The fraction of sp³-hybridized carbons (Fsp3) is 0.929. The van der Waals surface area contributed by atoms with Crippen molar-refractivity contribution in [2.45, 2.75) is 52.6 Å². The summed E-state index contributed by atoms with van der Waals surface area (Å²) < 4.78 is 0. The summed E-state index contributed by atoms with van der Waals surface area (Å²) in [6.45, 7) is 12.2. The Labute approximate surface area is 111 Å². The van der Waals surface area contributed by atoms with E-state index < -0.39 is 0 Å². The van der Waals surface area contributed by atoms with Gasteiger partial charge in [0, 0.05) is 32.2 Å². The molecule has 0 bridgehead atoms. The van der Waals surface area contributed by atoms with Crippen LogP contribution in [0.5, 0.6) is 0 Å². The van der Waals surface area contributed by atoms with Gasteiger partial charge in [-0.25, -0.2) is 0 Å². The van der Waals surface area contributed by atoms with Crippen molar-refractivity contribution in [3.8, 4) is 0 Å². The Kier molecular flexibility index (Phi) is 6.65. The molecule has 1 rings (SSSR count). The first kappa shape index (κ1) is 15.4. The van der Waals surface area contributed by atoms with Gasteiger partial charge in [-0.15, -0.1) is 0 Å². The smallest absolute Gasteiger partial charge is 0.238 e. The van der Waals surface area contributed by atoms with Gasteiger partial charge < -0.3 is 10.6 Å². The van der Waals surface area contributed by atoms with E-state index >= 15 is 0 Å². The molecule has 1 fully saturated rings. The average molecular weight is 255 g/mol. The highest BCUT2D eigenvalue weighted by molar-refractivity contribution is 5.82. The van der Waals surface area contributed by atoms with Gasteiger partial charge in [0.2, 0.25) is 5.91 Å². The zero-order chi connectivity index (χ0) is 13.5. The molecule has 4 nitrogen and oxygen atoms in total. The predicted molar refractivity (Wildman–Crippen MR) is 75.6 cm³/mol. The second-order valence-corrected chi connectivity index (χ2v) is 5.67. The Balaban J connectivity index is 2.55. The number of piperazine rings is 1. The molecule has 106 valence electrons. The monoisotopic (exact) mass is 255 g/mol. The summed E-state index contributed by atoms with van der Waals surface area (Å²) in [5, 5.41) is 6.27. The number of nitrogens with one attached hydrogen (secondary N) is 2. The molecule has 2 unspecified atom stereocenters. The van der Waals surface area contributed by atoms with Crippen LogP contribution < -0.4 is 10.6 Å².